The Morgan fingerprint density at radius 2 is 2.00 bits per heavy atom. The van der Waals surface area contributed by atoms with E-state index in [-0.39, 0.29) is 0 Å². The van der Waals surface area contributed by atoms with Crippen molar-refractivity contribution in [2.24, 2.45) is 0 Å². The van der Waals surface area contributed by atoms with Crippen LogP contribution in [0, 0.1) is 0 Å². The van der Waals surface area contributed by atoms with E-state index in [2.05, 4.69) is 15.3 Å². The third kappa shape index (κ3) is 2.53. The van der Waals surface area contributed by atoms with Crippen molar-refractivity contribution < 1.29 is 5.11 Å². The van der Waals surface area contributed by atoms with Gasteiger partial charge >= 0.3 is 0 Å². The highest BCUT2D eigenvalue weighted by molar-refractivity contribution is 5.78. The molecule has 0 aliphatic carbocycles. The zero-order valence-electron chi connectivity index (χ0n) is 10.3. The Hall–Kier alpha value is -1.68. The van der Waals surface area contributed by atoms with Crippen molar-refractivity contribution >= 4 is 16.9 Å². The second kappa shape index (κ2) is 4.30. The molecule has 1 heterocycles. The fraction of sp³-hybridized carbons (Fsp3) is 0.385. The predicted molar refractivity (Wildman–Crippen MR) is 68.9 cm³/mol. The van der Waals surface area contributed by atoms with Crippen molar-refractivity contribution in [1.82, 2.24) is 9.97 Å². The van der Waals surface area contributed by atoms with Gasteiger partial charge in [-0.3, -0.25) is 0 Å². The van der Waals surface area contributed by atoms with E-state index < -0.39 is 11.6 Å². The molecule has 0 saturated carbocycles. The summed E-state index contributed by atoms with van der Waals surface area (Å²) in [5.74, 6) is 0.537. The standard InChI is InChI=1S/C13H17N3O/c1-9(17)13(2,3)16-12-14-8-10-6-4-5-7-11(10)15-12/h4-9,17H,1-3H3,(H,14,15,16). The summed E-state index contributed by atoms with van der Waals surface area (Å²) in [6.45, 7) is 5.57. The molecular weight excluding hydrogens is 214 g/mol. The number of para-hydroxylation sites is 1. The van der Waals surface area contributed by atoms with E-state index in [1.165, 1.54) is 0 Å². The van der Waals surface area contributed by atoms with Gasteiger partial charge in [-0.05, 0) is 26.8 Å². The number of aliphatic hydroxyl groups is 1. The molecule has 0 bridgehead atoms. The molecule has 1 unspecified atom stereocenters. The van der Waals surface area contributed by atoms with Gasteiger partial charge < -0.3 is 10.4 Å². The molecule has 0 fully saturated rings. The fourth-order valence-corrected chi connectivity index (χ4v) is 1.42. The first-order chi connectivity index (χ1) is 7.99. The van der Waals surface area contributed by atoms with Gasteiger partial charge in [-0.15, -0.1) is 0 Å². The fourth-order valence-electron chi connectivity index (χ4n) is 1.42. The lowest BCUT2D eigenvalue weighted by atomic mass is 9.99. The molecule has 0 aliphatic heterocycles. The van der Waals surface area contributed by atoms with Gasteiger partial charge in [0.25, 0.3) is 0 Å². The summed E-state index contributed by atoms with van der Waals surface area (Å²) < 4.78 is 0. The number of anilines is 1. The van der Waals surface area contributed by atoms with E-state index in [0.29, 0.717) is 5.95 Å². The Kier molecular flexibility index (Phi) is 2.98. The van der Waals surface area contributed by atoms with Crippen LogP contribution in [0.1, 0.15) is 20.8 Å². The maximum atomic E-state index is 9.64. The minimum atomic E-state index is -0.488. The first-order valence-corrected chi connectivity index (χ1v) is 5.67. The Bertz CT molecular complexity index is 523. The molecule has 0 radical (unpaired) electrons. The smallest absolute Gasteiger partial charge is 0.223 e. The van der Waals surface area contributed by atoms with Crippen LogP contribution < -0.4 is 5.32 Å². The SMILES string of the molecule is CC(O)C(C)(C)Nc1ncc2ccccc2n1. The van der Waals surface area contributed by atoms with Crippen molar-refractivity contribution in [3.63, 3.8) is 0 Å². The molecule has 1 atom stereocenters. The van der Waals surface area contributed by atoms with Crippen LogP contribution in [-0.4, -0.2) is 26.7 Å². The third-order valence-electron chi connectivity index (χ3n) is 2.97. The van der Waals surface area contributed by atoms with Crippen LogP contribution >= 0.6 is 0 Å². The molecule has 2 aromatic rings. The van der Waals surface area contributed by atoms with Crippen molar-refractivity contribution in [1.29, 1.82) is 0 Å². The highest BCUT2D eigenvalue weighted by atomic mass is 16.3. The van der Waals surface area contributed by atoms with Crippen LogP contribution in [0.5, 0.6) is 0 Å². The average Bonchev–Trinajstić information content (AvgIpc) is 2.28. The zero-order chi connectivity index (χ0) is 12.5. The van der Waals surface area contributed by atoms with Crippen molar-refractivity contribution in [3.8, 4) is 0 Å². The molecule has 1 aromatic carbocycles. The predicted octanol–water partition coefficient (Wildman–Crippen LogP) is 2.20. The second-order valence-corrected chi connectivity index (χ2v) is 4.78. The number of aliphatic hydroxyl groups excluding tert-OH is 1. The molecule has 1 aromatic heterocycles. The molecule has 0 saturated heterocycles. The molecule has 2 N–H and O–H groups in total. The minimum absolute atomic E-state index is 0.456. The molecule has 90 valence electrons. The summed E-state index contributed by atoms with van der Waals surface area (Å²) in [7, 11) is 0. The lowest BCUT2D eigenvalue weighted by molar-refractivity contribution is 0.132. The summed E-state index contributed by atoms with van der Waals surface area (Å²) in [6, 6.07) is 7.81. The number of fused-ring (bicyclic) bond motifs is 1. The highest BCUT2D eigenvalue weighted by Crippen LogP contribution is 2.17. The topological polar surface area (TPSA) is 58.0 Å². The molecule has 4 heteroatoms. The van der Waals surface area contributed by atoms with Crippen LogP contribution in [0.25, 0.3) is 10.9 Å². The van der Waals surface area contributed by atoms with Crippen LogP contribution in [0.15, 0.2) is 30.5 Å². The quantitative estimate of drug-likeness (QED) is 0.850. The first-order valence-electron chi connectivity index (χ1n) is 5.67. The molecule has 0 spiro atoms. The molecule has 0 aliphatic rings. The summed E-state index contributed by atoms with van der Waals surface area (Å²) in [6.07, 6.45) is 1.29. The Morgan fingerprint density at radius 1 is 1.29 bits per heavy atom. The largest absolute Gasteiger partial charge is 0.391 e. The Morgan fingerprint density at radius 3 is 2.71 bits per heavy atom. The van der Waals surface area contributed by atoms with E-state index in [0.717, 1.165) is 10.9 Å². The van der Waals surface area contributed by atoms with E-state index in [1.807, 2.05) is 38.1 Å². The lowest BCUT2D eigenvalue weighted by Gasteiger charge is -2.29. The molecule has 2 rings (SSSR count). The number of rotatable bonds is 3. The van der Waals surface area contributed by atoms with Crippen LogP contribution in [0.4, 0.5) is 5.95 Å². The lowest BCUT2D eigenvalue weighted by Crippen LogP contribution is -2.42. The maximum absolute atomic E-state index is 9.64. The number of hydrogen-bond donors (Lipinski definition) is 2. The summed E-state index contributed by atoms with van der Waals surface area (Å²) >= 11 is 0. The molecule has 17 heavy (non-hydrogen) atoms. The second-order valence-electron chi connectivity index (χ2n) is 4.78. The number of aromatic nitrogens is 2. The zero-order valence-corrected chi connectivity index (χ0v) is 10.3. The minimum Gasteiger partial charge on any atom is -0.391 e. The van der Waals surface area contributed by atoms with Gasteiger partial charge in [0.15, 0.2) is 0 Å². The van der Waals surface area contributed by atoms with Crippen LogP contribution in [0.2, 0.25) is 0 Å². The van der Waals surface area contributed by atoms with Gasteiger partial charge in [-0.25, -0.2) is 9.97 Å². The Labute approximate surface area is 101 Å². The van der Waals surface area contributed by atoms with Gasteiger partial charge in [0.1, 0.15) is 0 Å². The average molecular weight is 231 g/mol. The van der Waals surface area contributed by atoms with Gasteiger partial charge in [-0.1, -0.05) is 18.2 Å². The van der Waals surface area contributed by atoms with Crippen LogP contribution in [0.3, 0.4) is 0 Å². The van der Waals surface area contributed by atoms with Gasteiger partial charge in [0.05, 0.1) is 17.2 Å². The summed E-state index contributed by atoms with van der Waals surface area (Å²) in [5.41, 5.74) is 0.439. The normalized spacial score (nSPS) is 13.6. The number of nitrogens with one attached hydrogen (secondary N) is 1. The highest BCUT2D eigenvalue weighted by Gasteiger charge is 2.24. The monoisotopic (exact) mass is 231 g/mol. The third-order valence-corrected chi connectivity index (χ3v) is 2.97. The van der Waals surface area contributed by atoms with Crippen molar-refractivity contribution in [2.75, 3.05) is 5.32 Å². The number of nitrogens with zero attached hydrogens (tertiary/aromatic N) is 2. The Balaban J connectivity index is 2.31. The molecule has 4 nitrogen and oxygen atoms in total. The van der Waals surface area contributed by atoms with E-state index >= 15 is 0 Å². The first kappa shape index (κ1) is 11.8. The van der Waals surface area contributed by atoms with Crippen molar-refractivity contribution in [2.45, 2.75) is 32.4 Å². The molecule has 0 amide bonds. The van der Waals surface area contributed by atoms with E-state index in [1.54, 1.807) is 13.1 Å². The molecular formula is C13H17N3O. The van der Waals surface area contributed by atoms with Crippen molar-refractivity contribution in [3.05, 3.63) is 30.5 Å². The number of hydrogen-bond acceptors (Lipinski definition) is 4. The van der Waals surface area contributed by atoms with Gasteiger partial charge in [0, 0.05) is 11.6 Å². The number of benzene rings is 1. The van der Waals surface area contributed by atoms with E-state index in [4.69, 9.17) is 0 Å². The van der Waals surface area contributed by atoms with Gasteiger partial charge in [0.2, 0.25) is 5.95 Å². The summed E-state index contributed by atoms with van der Waals surface area (Å²) in [5, 5.41) is 13.8. The maximum Gasteiger partial charge on any atom is 0.223 e. The van der Waals surface area contributed by atoms with E-state index in [9.17, 15) is 5.11 Å². The van der Waals surface area contributed by atoms with Crippen LogP contribution in [-0.2, 0) is 0 Å². The summed E-state index contributed by atoms with van der Waals surface area (Å²) in [4.78, 5) is 8.65. The van der Waals surface area contributed by atoms with Gasteiger partial charge in [-0.2, -0.15) is 0 Å².